The van der Waals surface area contributed by atoms with Crippen molar-refractivity contribution in [3.05, 3.63) is 17.5 Å². The molecule has 1 aromatic rings. The van der Waals surface area contributed by atoms with Crippen molar-refractivity contribution in [3.63, 3.8) is 0 Å². The zero-order valence-electron chi connectivity index (χ0n) is 13.6. The predicted molar refractivity (Wildman–Crippen MR) is 85.8 cm³/mol. The third kappa shape index (κ3) is 4.11. The fraction of sp³-hybridized carbons (Fsp3) is 0.778. The minimum Gasteiger partial charge on any atom is -0.360 e. The molecule has 0 aromatic carbocycles. The summed E-state index contributed by atoms with van der Waals surface area (Å²) in [4.78, 5) is 12.2. The first-order chi connectivity index (χ1) is 10.8. The molecule has 1 aromatic heterocycles. The molecular formula is C18H28N2O2. The SMILES string of the molecule is CCCCCC1CCC(NC(=O)c2cc(C3CC3)on2)CC1. The topological polar surface area (TPSA) is 55.1 Å². The van der Waals surface area contributed by atoms with Gasteiger partial charge in [-0.2, -0.15) is 0 Å². The van der Waals surface area contributed by atoms with Crippen LogP contribution in [-0.4, -0.2) is 17.1 Å². The first-order valence-corrected chi connectivity index (χ1v) is 9.03. The van der Waals surface area contributed by atoms with Gasteiger partial charge in [0.25, 0.3) is 5.91 Å². The molecule has 0 saturated heterocycles. The van der Waals surface area contributed by atoms with Crippen LogP contribution in [-0.2, 0) is 0 Å². The van der Waals surface area contributed by atoms with Crippen LogP contribution in [0.4, 0.5) is 0 Å². The lowest BCUT2D eigenvalue weighted by Gasteiger charge is -2.28. The van der Waals surface area contributed by atoms with Crippen LogP contribution in [0, 0.1) is 5.92 Å². The lowest BCUT2D eigenvalue weighted by molar-refractivity contribution is 0.0911. The normalized spacial score (nSPS) is 25.1. The number of rotatable bonds is 7. The van der Waals surface area contributed by atoms with Gasteiger partial charge < -0.3 is 9.84 Å². The molecule has 122 valence electrons. The second kappa shape index (κ2) is 7.30. The Morgan fingerprint density at radius 3 is 2.68 bits per heavy atom. The second-order valence-electron chi connectivity index (χ2n) is 7.08. The van der Waals surface area contributed by atoms with E-state index in [4.69, 9.17) is 4.52 Å². The van der Waals surface area contributed by atoms with Crippen molar-refractivity contribution in [2.75, 3.05) is 0 Å². The van der Waals surface area contributed by atoms with Crippen LogP contribution < -0.4 is 5.32 Å². The maximum Gasteiger partial charge on any atom is 0.273 e. The van der Waals surface area contributed by atoms with E-state index in [1.807, 2.05) is 6.07 Å². The average Bonchev–Trinajstić information content (AvgIpc) is 3.26. The Labute approximate surface area is 133 Å². The first-order valence-electron chi connectivity index (χ1n) is 9.03. The van der Waals surface area contributed by atoms with E-state index in [1.165, 1.54) is 38.5 Å². The quantitative estimate of drug-likeness (QED) is 0.759. The Hall–Kier alpha value is -1.32. The van der Waals surface area contributed by atoms with Crippen LogP contribution >= 0.6 is 0 Å². The molecule has 1 heterocycles. The number of aromatic nitrogens is 1. The molecule has 0 aliphatic heterocycles. The van der Waals surface area contributed by atoms with Gasteiger partial charge in [-0.1, -0.05) is 37.8 Å². The van der Waals surface area contributed by atoms with Gasteiger partial charge in [0.2, 0.25) is 0 Å². The Morgan fingerprint density at radius 1 is 1.23 bits per heavy atom. The van der Waals surface area contributed by atoms with Crippen LogP contribution in [0.25, 0.3) is 0 Å². The van der Waals surface area contributed by atoms with Crippen molar-refractivity contribution in [1.29, 1.82) is 0 Å². The molecule has 2 fully saturated rings. The van der Waals surface area contributed by atoms with Crippen molar-refractivity contribution < 1.29 is 9.32 Å². The van der Waals surface area contributed by atoms with Crippen LogP contribution in [0.15, 0.2) is 10.6 Å². The van der Waals surface area contributed by atoms with Crippen LogP contribution in [0.2, 0.25) is 0 Å². The maximum atomic E-state index is 12.2. The summed E-state index contributed by atoms with van der Waals surface area (Å²) in [7, 11) is 0. The van der Waals surface area contributed by atoms with Crippen LogP contribution in [0.3, 0.4) is 0 Å². The van der Waals surface area contributed by atoms with E-state index in [1.54, 1.807) is 0 Å². The number of carbonyl (C=O) groups is 1. The van der Waals surface area contributed by atoms with Gasteiger partial charge in [0.15, 0.2) is 5.69 Å². The van der Waals surface area contributed by atoms with Gasteiger partial charge in [0.05, 0.1) is 0 Å². The highest BCUT2D eigenvalue weighted by Crippen LogP contribution is 2.40. The molecule has 2 aliphatic rings. The summed E-state index contributed by atoms with van der Waals surface area (Å²) in [5, 5.41) is 7.05. The summed E-state index contributed by atoms with van der Waals surface area (Å²) in [5.74, 6) is 2.19. The molecule has 0 radical (unpaired) electrons. The molecule has 2 saturated carbocycles. The summed E-state index contributed by atoms with van der Waals surface area (Å²) in [5.41, 5.74) is 0.451. The largest absolute Gasteiger partial charge is 0.360 e. The van der Waals surface area contributed by atoms with E-state index in [9.17, 15) is 4.79 Å². The Bertz CT molecular complexity index is 485. The Kier molecular flexibility index (Phi) is 5.16. The second-order valence-corrected chi connectivity index (χ2v) is 7.08. The minimum atomic E-state index is -0.0647. The molecule has 22 heavy (non-hydrogen) atoms. The maximum absolute atomic E-state index is 12.2. The molecule has 0 atom stereocenters. The number of hydrogen-bond donors (Lipinski definition) is 1. The van der Waals surface area contributed by atoms with Gasteiger partial charge in [-0.05, 0) is 44.4 Å². The van der Waals surface area contributed by atoms with E-state index < -0.39 is 0 Å². The van der Waals surface area contributed by atoms with Gasteiger partial charge >= 0.3 is 0 Å². The van der Waals surface area contributed by atoms with E-state index in [-0.39, 0.29) is 5.91 Å². The van der Waals surface area contributed by atoms with Gasteiger partial charge in [-0.25, -0.2) is 0 Å². The number of nitrogens with zero attached hydrogens (tertiary/aromatic N) is 1. The van der Waals surface area contributed by atoms with Gasteiger partial charge in [0, 0.05) is 18.0 Å². The van der Waals surface area contributed by atoms with Crippen molar-refractivity contribution in [2.24, 2.45) is 5.92 Å². The molecular weight excluding hydrogens is 276 g/mol. The summed E-state index contributed by atoms with van der Waals surface area (Å²) >= 11 is 0. The van der Waals surface area contributed by atoms with Crippen molar-refractivity contribution in [1.82, 2.24) is 10.5 Å². The number of carbonyl (C=O) groups excluding carboxylic acids is 1. The smallest absolute Gasteiger partial charge is 0.273 e. The van der Waals surface area contributed by atoms with Gasteiger partial charge in [-0.15, -0.1) is 0 Å². The van der Waals surface area contributed by atoms with Crippen molar-refractivity contribution in [3.8, 4) is 0 Å². The standard InChI is InChI=1S/C18H28N2O2/c1-2-3-4-5-13-6-10-15(11-7-13)19-18(21)16-12-17(22-20-16)14-8-9-14/h12-15H,2-11H2,1H3,(H,19,21). The molecule has 3 rings (SSSR count). The summed E-state index contributed by atoms with van der Waals surface area (Å²) in [6.45, 7) is 2.25. The highest BCUT2D eigenvalue weighted by molar-refractivity contribution is 5.92. The zero-order valence-corrected chi connectivity index (χ0v) is 13.6. The van der Waals surface area contributed by atoms with Crippen molar-refractivity contribution >= 4 is 5.91 Å². The van der Waals surface area contributed by atoms with Crippen LogP contribution in [0.5, 0.6) is 0 Å². The third-order valence-corrected chi connectivity index (χ3v) is 5.14. The Morgan fingerprint density at radius 2 is 2.00 bits per heavy atom. The summed E-state index contributed by atoms with van der Waals surface area (Å²) in [6.07, 6.45) is 12.4. The molecule has 4 heteroatoms. The highest BCUT2D eigenvalue weighted by atomic mass is 16.5. The molecule has 4 nitrogen and oxygen atoms in total. The number of hydrogen-bond acceptors (Lipinski definition) is 3. The van der Waals surface area contributed by atoms with Gasteiger partial charge in [0.1, 0.15) is 5.76 Å². The average molecular weight is 304 g/mol. The summed E-state index contributed by atoms with van der Waals surface area (Å²) in [6, 6.07) is 2.14. The zero-order chi connectivity index (χ0) is 15.4. The molecule has 0 spiro atoms. The predicted octanol–water partition coefficient (Wildman–Crippen LogP) is 4.42. The lowest BCUT2D eigenvalue weighted by Crippen LogP contribution is -2.37. The monoisotopic (exact) mass is 304 g/mol. The lowest BCUT2D eigenvalue weighted by atomic mass is 9.83. The fourth-order valence-electron chi connectivity index (χ4n) is 3.49. The van der Waals surface area contributed by atoms with Gasteiger partial charge in [-0.3, -0.25) is 4.79 Å². The molecule has 0 unspecified atom stereocenters. The van der Waals surface area contributed by atoms with Crippen LogP contribution in [0.1, 0.15) is 93.3 Å². The molecule has 1 N–H and O–H groups in total. The molecule has 2 aliphatic carbocycles. The van der Waals surface area contributed by atoms with E-state index in [2.05, 4.69) is 17.4 Å². The summed E-state index contributed by atoms with van der Waals surface area (Å²) < 4.78 is 5.26. The first kappa shape index (κ1) is 15.6. The molecule has 0 bridgehead atoms. The van der Waals surface area contributed by atoms with Crippen molar-refractivity contribution in [2.45, 2.75) is 83.1 Å². The fourth-order valence-corrected chi connectivity index (χ4v) is 3.49. The minimum absolute atomic E-state index is 0.0647. The molecule has 1 amide bonds. The number of nitrogens with one attached hydrogen (secondary N) is 1. The number of unbranched alkanes of at least 4 members (excludes halogenated alkanes) is 2. The Balaban J connectivity index is 1.40. The van der Waals surface area contributed by atoms with E-state index in [0.717, 1.165) is 37.4 Å². The van der Waals surface area contributed by atoms with E-state index >= 15 is 0 Å². The number of amides is 1. The third-order valence-electron chi connectivity index (χ3n) is 5.14. The van der Waals surface area contributed by atoms with E-state index in [0.29, 0.717) is 17.7 Å². The highest BCUT2D eigenvalue weighted by Gasteiger charge is 2.29.